The predicted molar refractivity (Wildman–Crippen MR) is 78.7 cm³/mol. The number of rotatable bonds is 11. The van der Waals surface area contributed by atoms with Crippen LogP contribution in [0.2, 0.25) is 0 Å². The van der Waals surface area contributed by atoms with E-state index in [-0.39, 0.29) is 0 Å². The second-order valence-electron chi connectivity index (χ2n) is 6.46. The highest BCUT2D eigenvalue weighted by Crippen LogP contribution is 2.36. The van der Waals surface area contributed by atoms with Gasteiger partial charge in [-0.25, -0.2) is 0 Å². The molecule has 0 heterocycles. The van der Waals surface area contributed by atoms with Crippen LogP contribution in [0.25, 0.3) is 0 Å². The number of unbranched alkanes of at least 4 members (excludes halogenated alkanes) is 4. The van der Waals surface area contributed by atoms with Gasteiger partial charge in [0.05, 0.1) is 0 Å². The summed E-state index contributed by atoms with van der Waals surface area (Å²) in [5.41, 5.74) is 6.03. The molecule has 1 atom stereocenters. The molecular formula is C16H32N2. The largest absolute Gasteiger partial charge is 0.329 e. The van der Waals surface area contributed by atoms with Gasteiger partial charge in [0.15, 0.2) is 0 Å². The van der Waals surface area contributed by atoms with Crippen molar-refractivity contribution in [2.45, 2.75) is 83.2 Å². The smallest absolute Gasteiger partial charge is 0.0221 e. The average Bonchev–Trinajstić information content (AvgIpc) is 3.25. The number of hydrogen-bond acceptors (Lipinski definition) is 2. The van der Waals surface area contributed by atoms with Gasteiger partial charge in [0.25, 0.3) is 0 Å². The molecule has 0 radical (unpaired) electrons. The highest BCUT2D eigenvalue weighted by Gasteiger charge is 2.36. The summed E-state index contributed by atoms with van der Waals surface area (Å²) in [5.74, 6) is 1.01. The Kier molecular flexibility index (Phi) is 5.97. The lowest BCUT2D eigenvalue weighted by Gasteiger charge is -2.31. The predicted octanol–water partition coefficient (Wildman–Crippen LogP) is 3.55. The monoisotopic (exact) mass is 252 g/mol. The van der Waals surface area contributed by atoms with Crippen molar-refractivity contribution >= 4 is 0 Å². The first kappa shape index (κ1) is 14.3. The molecule has 2 aliphatic carbocycles. The lowest BCUT2D eigenvalue weighted by atomic mass is 10.0. The molecule has 2 N–H and O–H groups in total. The van der Waals surface area contributed by atoms with Gasteiger partial charge in [-0.05, 0) is 38.0 Å². The third-order valence-corrected chi connectivity index (χ3v) is 4.56. The van der Waals surface area contributed by atoms with E-state index in [1.807, 2.05) is 0 Å². The zero-order valence-electron chi connectivity index (χ0n) is 12.2. The maximum absolute atomic E-state index is 6.03. The first-order chi connectivity index (χ1) is 8.85. The van der Waals surface area contributed by atoms with E-state index in [1.165, 1.54) is 70.8 Å². The fraction of sp³-hybridized carbons (Fsp3) is 1.00. The standard InChI is InChI=1S/C16H32N2/c1-2-3-4-5-6-7-16(12-17)18(15-10-11-15)13-14-8-9-14/h14-16H,2-13,17H2,1H3. The minimum absolute atomic E-state index is 0.680. The molecule has 0 aliphatic heterocycles. The highest BCUT2D eigenvalue weighted by molar-refractivity contribution is 4.92. The average molecular weight is 252 g/mol. The minimum Gasteiger partial charge on any atom is -0.329 e. The van der Waals surface area contributed by atoms with Gasteiger partial charge >= 0.3 is 0 Å². The summed E-state index contributed by atoms with van der Waals surface area (Å²) in [6.07, 6.45) is 14.1. The Bertz CT molecular complexity index is 221. The van der Waals surface area contributed by atoms with E-state index in [1.54, 1.807) is 0 Å². The highest BCUT2D eigenvalue weighted by atomic mass is 15.2. The second kappa shape index (κ2) is 7.49. The summed E-state index contributed by atoms with van der Waals surface area (Å²) in [6.45, 7) is 4.51. The number of nitrogens with two attached hydrogens (primary N) is 1. The quantitative estimate of drug-likeness (QED) is 0.570. The molecule has 0 saturated heterocycles. The maximum Gasteiger partial charge on any atom is 0.0221 e. The van der Waals surface area contributed by atoms with E-state index in [0.29, 0.717) is 6.04 Å². The van der Waals surface area contributed by atoms with Crippen molar-refractivity contribution in [3.63, 3.8) is 0 Å². The Morgan fingerprint density at radius 1 is 1.06 bits per heavy atom. The molecule has 0 aromatic heterocycles. The molecule has 0 aromatic rings. The van der Waals surface area contributed by atoms with Crippen LogP contribution in [0.15, 0.2) is 0 Å². The van der Waals surface area contributed by atoms with Crippen molar-refractivity contribution in [3.8, 4) is 0 Å². The van der Waals surface area contributed by atoms with Crippen molar-refractivity contribution in [3.05, 3.63) is 0 Å². The molecule has 2 aliphatic rings. The molecule has 2 nitrogen and oxygen atoms in total. The van der Waals surface area contributed by atoms with Crippen LogP contribution in [0.5, 0.6) is 0 Å². The van der Waals surface area contributed by atoms with Crippen LogP contribution in [0.4, 0.5) is 0 Å². The first-order valence-electron chi connectivity index (χ1n) is 8.31. The van der Waals surface area contributed by atoms with Gasteiger partial charge in [-0.3, -0.25) is 4.90 Å². The van der Waals surface area contributed by atoms with Gasteiger partial charge in [0.1, 0.15) is 0 Å². The summed E-state index contributed by atoms with van der Waals surface area (Å²) < 4.78 is 0. The topological polar surface area (TPSA) is 29.3 Å². The summed E-state index contributed by atoms with van der Waals surface area (Å²) in [6, 6.07) is 1.58. The molecular weight excluding hydrogens is 220 g/mol. The molecule has 0 bridgehead atoms. The van der Waals surface area contributed by atoms with Crippen LogP contribution in [-0.4, -0.2) is 30.1 Å². The lowest BCUT2D eigenvalue weighted by molar-refractivity contribution is 0.170. The SMILES string of the molecule is CCCCCCCC(CN)N(CC1CC1)C1CC1. The van der Waals surface area contributed by atoms with Gasteiger partial charge in [0, 0.05) is 25.2 Å². The molecule has 1 unspecified atom stereocenters. The van der Waals surface area contributed by atoms with Crippen LogP contribution in [0.1, 0.15) is 71.1 Å². The second-order valence-corrected chi connectivity index (χ2v) is 6.46. The van der Waals surface area contributed by atoms with Crippen molar-refractivity contribution in [1.29, 1.82) is 0 Å². The van der Waals surface area contributed by atoms with Crippen LogP contribution in [0, 0.1) is 5.92 Å². The molecule has 2 heteroatoms. The summed E-state index contributed by atoms with van der Waals surface area (Å²) >= 11 is 0. The normalized spacial score (nSPS) is 21.5. The first-order valence-corrected chi connectivity index (χ1v) is 8.31. The Hall–Kier alpha value is -0.0800. The molecule has 18 heavy (non-hydrogen) atoms. The molecule has 0 spiro atoms. The van der Waals surface area contributed by atoms with E-state index in [2.05, 4.69) is 11.8 Å². The van der Waals surface area contributed by atoms with Crippen molar-refractivity contribution < 1.29 is 0 Å². The van der Waals surface area contributed by atoms with Gasteiger partial charge in [-0.2, -0.15) is 0 Å². The Balaban J connectivity index is 1.67. The summed E-state index contributed by atoms with van der Waals surface area (Å²) in [5, 5.41) is 0. The van der Waals surface area contributed by atoms with Crippen LogP contribution in [0.3, 0.4) is 0 Å². The van der Waals surface area contributed by atoms with Crippen molar-refractivity contribution in [2.75, 3.05) is 13.1 Å². The Morgan fingerprint density at radius 2 is 1.78 bits per heavy atom. The third kappa shape index (κ3) is 4.89. The van der Waals surface area contributed by atoms with Crippen LogP contribution in [-0.2, 0) is 0 Å². The molecule has 2 rings (SSSR count). The fourth-order valence-electron chi connectivity index (χ4n) is 3.00. The van der Waals surface area contributed by atoms with Gasteiger partial charge < -0.3 is 5.73 Å². The van der Waals surface area contributed by atoms with E-state index in [0.717, 1.165) is 18.5 Å². The van der Waals surface area contributed by atoms with Crippen molar-refractivity contribution in [1.82, 2.24) is 4.90 Å². The molecule has 2 saturated carbocycles. The summed E-state index contributed by atoms with van der Waals surface area (Å²) in [7, 11) is 0. The minimum atomic E-state index is 0.680. The Labute approximate surface area is 113 Å². The van der Waals surface area contributed by atoms with Gasteiger partial charge in [0.2, 0.25) is 0 Å². The summed E-state index contributed by atoms with van der Waals surface area (Å²) in [4.78, 5) is 2.78. The number of nitrogens with zero attached hydrogens (tertiary/aromatic N) is 1. The molecule has 2 fully saturated rings. The van der Waals surface area contributed by atoms with Crippen LogP contribution >= 0.6 is 0 Å². The molecule has 0 amide bonds. The zero-order chi connectivity index (χ0) is 12.8. The van der Waals surface area contributed by atoms with E-state index in [4.69, 9.17) is 5.73 Å². The lowest BCUT2D eigenvalue weighted by Crippen LogP contribution is -2.43. The zero-order valence-corrected chi connectivity index (χ0v) is 12.2. The molecule has 0 aromatic carbocycles. The molecule has 106 valence electrons. The van der Waals surface area contributed by atoms with Crippen molar-refractivity contribution in [2.24, 2.45) is 11.7 Å². The Morgan fingerprint density at radius 3 is 2.33 bits per heavy atom. The maximum atomic E-state index is 6.03. The van der Waals surface area contributed by atoms with E-state index in [9.17, 15) is 0 Å². The fourth-order valence-corrected chi connectivity index (χ4v) is 3.00. The number of hydrogen-bond donors (Lipinski definition) is 1. The van der Waals surface area contributed by atoms with Gasteiger partial charge in [-0.15, -0.1) is 0 Å². The third-order valence-electron chi connectivity index (χ3n) is 4.56. The van der Waals surface area contributed by atoms with E-state index >= 15 is 0 Å². The van der Waals surface area contributed by atoms with Gasteiger partial charge in [-0.1, -0.05) is 39.0 Å². The van der Waals surface area contributed by atoms with E-state index < -0.39 is 0 Å². The van der Waals surface area contributed by atoms with Crippen LogP contribution < -0.4 is 5.73 Å².